The van der Waals surface area contributed by atoms with E-state index in [1.165, 1.54) is 18.4 Å². The molecule has 166 valence electrons. The molecule has 0 amide bonds. The molecule has 1 aliphatic heterocycles. The zero-order valence-electron chi connectivity index (χ0n) is 18.1. The molecule has 1 aliphatic rings. The summed E-state index contributed by atoms with van der Waals surface area (Å²) in [4.78, 5) is 5.30. The standard InChI is InChI=1S/C22H29N5O3S/c1-28-10-11-30-20-13-17(7-8-19(20)29-2)14-26-9-3-5-18(15-26)16-27-24-22(23-25-27)21-6-4-12-31-21/h4,6-8,12-13,18H,3,5,9-11,14-16H2,1-2H3/t18-/m0/s1. The van der Waals surface area contributed by atoms with Crippen molar-refractivity contribution in [1.82, 2.24) is 25.1 Å². The summed E-state index contributed by atoms with van der Waals surface area (Å²) in [6.45, 7) is 4.83. The highest BCUT2D eigenvalue weighted by molar-refractivity contribution is 7.13. The molecule has 0 saturated carbocycles. The number of hydrogen-bond donors (Lipinski definition) is 0. The lowest BCUT2D eigenvalue weighted by molar-refractivity contribution is 0.142. The second-order valence-electron chi connectivity index (χ2n) is 7.72. The Kier molecular flexibility index (Phi) is 7.50. The van der Waals surface area contributed by atoms with Gasteiger partial charge in [-0.05, 0) is 59.7 Å². The first-order valence-corrected chi connectivity index (χ1v) is 11.5. The Morgan fingerprint density at radius 2 is 2.10 bits per heavy atom. The lowest BCUT2D eigenvalue weighted by Crippen LogP contribution is -2.36. The summed E-state index contributed by atoms with van der Waals surface area (Å²) in [7, 11) is 3.33. The van der Waals surface area contributed by atoms with Crippen molar-refractivity contribution in [2.24, 2.45) is 5.92 Å². The molecule has 0 spiro atoms. The van der Waals surface area contributed by atoms with Crippen molar-refractivity contribution in [2.45, 2.75) is 25.9 Å². The van der Waals surface area contributed by atoms with E-state index in [-0.39, 0.29) is 0 Å². The molecular weight excluding hydrogens is 414 g/mol. The molecular formula is C22H29N5O3S. The van der Waals surface area contributed by atoms with Crippen molar-refractivity contribution < 1.29 is 14.2 Å². The number of hydrogen-bond acceptors (Lipinski definition) is 8. The third-order valence-corrected chi connectivity index (χ3v) is 6.26. The molecule has 1 saturated heterocycles. The monoisotopic (exact) mass is 443 g/mol. The van der Waals surface area contributed by atoms with Crippen LogP contribution in [0.15, 0.2) is 35.7 Å². The fourth-order valence-electron chi connectivity index (χ4n) is 3.93. The molecule has 3 heterocycles. The summed E-state index contributed by atoms with van der Waals surface area (Å²) < 4.78 is 16.4. The van der Waals surface area contributed by atoms with Gasteiger partial charge in [-0.2, -0.15) is 4.80 Å². The van der Waals surface area contributed by atoms with E-state index in [1.54, 1.807) is 30.4 Å². The minimum absolute atomic E-state index is 0.500. The van der Waals surface area contributed by atoms with Gasteiger partial charge in [-0.3, -0.25) is 4.90 Å². The van der Waals surface area contributed by atoms with E-state index in [0.29, 0.717) is 25.0 Å². The first-order chi connectivity index (χ1) is 15.2. The van der Waals surface area contributed by atoms with Crippen LogP contribution in [0.5, 0.6) is 11.5 Å². The van der Waals surface area contributed by atoms with Gasteiger partial charge in [0.25, 0.3) is 0 Å². The van der Waals surface area contributed by atoms with E-state index in [0.717, 1.165) is 42.6 Å². The largest absolute Gasteiger partial charge is 0.493 e. The van der Waals surface area contributed by atoms with Crippen LogP contribution in [0.25, 0.3) is 10.7 Å². The van der Waals surface area contributed by atoms with Crippen LogP contribution in [0, 0.1) is 5.92 Å². The molecule has 0 N–H and O–H groups in total. The molecule has 1 fully saturated rings. The van der Waals surface area contributed by atoms with Crippen LogP contribution >= 0.6 is 11.3 Å². The first kappa shape index (κ1) is 21.7. The van der Waals surface area contributed by atoms with Gasteiger partial charge < -0.3 is 14.2 Å². The highest BCUT2D eigenvalue weighted by Gasteiger charge is 2.22. The van der Waals surface area contributed by atoms with E-state index < -0.39 is 0 Å². The van der Waals surface area contributed by atoms with E-state index in [4.69, 9.17) is 14.2 Å². The normalized spacial score (nSPS) is 17.0. The lowest BCUT2D eigenvalue weighted by Gasteiger charge is -2.32. The van der Waals surface area contributed by atoms with Crippen molar-refractivity contribution in [3.63, 3.8) is 0 Å². The summed E-state index contributed by atoms with van der Waals surface area (Å²) in [5.74, 6) is 2.73. The predicted octanol–water partition coefficient (Wildman–Crippen LogP) is 3.35. The Bertz CT molecular complexity index is 947. The smallest absolute Gasteiger partial charge is 0.214 e. The van der Waals surface area contributed by atoms with Crippen molar-refractivity contribution in [3.05, 3.63) is 41.3 Å². The zero-order valence-corrected chi connectivity index (χ0v) is 18.9. The number of thiophene rings is 1. The molecule has 9 heteroatoms. The average molecular weight is 444 g/mol. The number of aromatic nitrogens is 4. The maximum atomic E-state index is 5.84. The highest BCUT2D eigenvalue weighted by atomic mass is 32.1. The number of likely N-dealkylation sites (tertiary alicyclic amines) is 1. The quantitative estimate of drug-likeness (QED) is 0.445. The van der Waals surface area contributed by atoms with Crippen molar-refractivity contribution in [2.75, 3.05) is 40.5 Å². The number of piperidine rings is 1. The third kappa shape index (κ3) is 5.81. The Morgan fingerprint density at radius 1 is 1.16 bits per heavy atom. The Morgan fingerprint density at radius 3 is 2.90 bits per heavy atom. The van der Waals surface area contributed by atoms with Crippen molar-refractivity contribution in [1.29, 1.82) is 0 Å². The van der Waals surface area contributed by atoms with Crippen LogP contribution < -0.4 is 9.47 Å². The summed E-state index contributed by atoms with van der Waals surface area (Å²) >= 11 is 1.63. The molecule has 31 heavy (non-hydrogen) atoms. The second kappa shape index (κ2) is 10.7. The molecule has 0 unspecified atom stereocenters. The van der Waals surface area contributed by atoms with Gasteiger partial charge >= 0.3 is 0 Å². The van der Waals surface area contributed by atoms with Gasteiger partial charge in [-0.25, -0.2) is 0 Å². The Labute approximate surface area is 186 Å². The van der Waals surface area contributed by atoms with Crippen molar-refractivity contribution in [3.8, 4) is 22.2 Å². The van der Waals surface area contributed by atoms with E-state index >= 15 is 0 Å². The topological polar surface area (TPSA) is 74.5 Å². The summed E-state index contributed by atoms with van der Waals surface area (Å²) in [6, 6.07) is 10.2. The number of benzene rings is 1. The average Bonchev–Trinajstić information content (AvgIpc) is 3.47. The molecule has 8 nitrogen and oxygen atoms in total. The number of methoxy groups -OCH3 is 2. The van der Waals surface area contributed by atoms with E-state index in [9.17, 15) is 0 Å². The fraction of sp³-hybridized carbons (Fsp3) is 0.500. The molecule has 3 aromatic rings. The van der Waals surface area contributed by atoms with Crippen LogP contribution in [-0.4, -0.2) is 65.6 Å². The highest BCUT2D eigenvalue weighted by Crippen LogP contribution is 2.29. The Hall–Kier alpha value is -2.49. The minimum Gasteiger partial charge on any atom is -0.493 e. The second-order valence-corrected chi connectivity index (χ2v) is 8.66. The lowest BCUT2D eigenvalue weighted by atomic mass is 9.97. The maximum Gasteiger partial charge on any atom is 0.214 e. The van der Waals surface area contributed by atoms with Gasteiger partial charge in [-0.1, -0.05) is 12.1 Å². The van der Waals surface area contributed by atoms with E-state index in [2.05, 4.69) is 32.4 Å². The molecule has 0 bridgehead atoms. The van der Waals surface area contributed by atoms with Crippen LogP contribution in [0.2, 0.25) is 0 Å². The van der Waals surface area contributed by atoms with Crippen LogP contribution in [-0.2, 0) is 17.8 Å². The van der Waals surface area contributed by atoms with Crippen molar-refractivity contribution >= 4 is 11.3 Å². The minimum atomic E-state index is 0.500. The predicted molar refractivity (Wildman–Crippen MR) is 119 cm³/mol. The molecule has 1 aromatic carbocycles. The third-order valence-electron chi connectivity index (χ3n) is 5.40. The Balaban J connectivity index is 1.35. The molecule has 1 atom stereocenters. The fourth-order valence-corrected chi connectivity index (χ4v) is 4.57. The number of ether oxygens (including phenoxy) is 3. The summed E-state index contributed by atoms with van der Waals surface area (Å²) in [5.41, 5.74) is 1.22. The van der Waals surface area contributed by atoms with Gasteiger partial charge in [0.2, 0.25) is 5.82 Å². The maximum absolute atomic E-state index is 5.84. The number of tetrazole rings is 1. The SMILES string of the molecule is COCCOc1cc(CN2CCC[C@H](Cn3nnc(-c4cccs4)n3)C2)ccc1OC. The summed E-state index contributed by atoms with van der Waals surface area (Å²) in [6.07, 6.45) is 2.35. The van der Waals surface area contributed by atoms with Crippen LogP contribution in [0.4, 0.5) is 0 Å². The van der Waals surface area contributed by atoms with Gasteiger partial charge in [0.05, 0.1) is 25.1 Å². The summed E-state index contributed by atoms with van der Waals surface area (Å²) in [5, 5.41) is 15.1. The number of nitrogens with zero attached hydrogens (tertiary/aromatic N) is 5. The molecule has 4 rings (SSSR count). The van der Waals surface area contributed by atoms with Crippen LogP contribution in [0.3, 0.4) is 0 Å². The van der Waals surface area contributed by atoms with Gasteiger partial charge in [0.1, 0.15) is 6.61 Å². The first-order valence-electron chi connectivity index (χ1n) is 10.6. The molecule has 2 aromatic heterocycles. The van der Waals surface area contributed by atoms with Gasteiger partial charge in [0, 0.05) is 20.2 Å². The van der Waals surface area contributed by atoms with E-state index in [1.807, 2.05) is 23.6 Å². The van der Waals surface area contributed by atoms with Crippen LogP contribution in [0.1, 0.15) is 18.4 Å². The molecule has 0 aliphatic carbocycles. The molecule has 0 radical (unpaired) electrons. The van der Waals surface area contributed by atoms with Gasteiger partial charge in [-0.15, -0.1) is 21.5 Å². The zero-order chi connectivity index (χ0) is 21.5. The van der Waals surface area contributed by atoms with Gasteiger partial charge in [0.15, 0.2) is 11.5 Å². The number of rotatable bonds is 10.